The average molecular weight is 268 g/mol. The summed E-state index contributed by atoms with van der Waals surface area (Å²) in [7, 11) is 0. The van der Waals surface area contributed by atoms with E-state index >= 15 is 0 Å². The molecule has 2 rings (SSSR count). The van der Waals surface area contributed by atoms with Gasteiger partial charge in [0, 0.05) is 12.1 Å². The number of nitrogens with two attached hydrogens (primary N) is 1. The maximum absolute atomic E-state index is 14.1. The molecule has 1 fully saturated rings. The number of hydrogen-bond donors (Lipinski definition) is 1. The normalized spacial score (nSPS) is 18.7. The number of morpholine rings is 1. The smallest absolute Gasteiger partial charge is 0.147 e. The summed E-state index contributed by atoms with van der Waals surface area (Å²) in [5, 5.41) is 0. The fourth-order valence-electron chi connectivity index (χ4n) is 2.18. The summed E-state index contributed by atoms with van der Waals surface area (Å²) >= 11 is 4.84. The Bertz CT molecular complexity index is 476. The van der Waals surface area contributed by atoms with Crippen LogP contribution < -0.4 is 10.6 Å². The zero-order valence-electron chi connectivity index (χ0n) is 10.6. The molecule has 0 unspecified atom stereocenters. The van der Waals surface area contributed by atoms with E-state index in [1.165, 1.54) is 6.07 Å². The second-order valence-electron chi connectivity index (χ2n) is 5.05. The van der Waals surface area contributed by atoms with Crippen molar-refractivity contribution in [2.45, 2.75) is 19.4 Å². The van der Waals surface area contributed by atoms with E-state index in [9.17, 15) is 4.39 Å². The Morgan fingerprint density at radius 2 is 2.22 bits per heavy atom. The molecule has 0 bridgehead atoms. The predicted octanol–water partition coefficient (Wildman–Crippen LogP) is 2.08. The third kappa shape index (κ3) is 2.47. The molecule has 2 N–H and O–H groups in total. The van der Waals surface area contributed by atoms with Gasteiger partial charge in [0.25, 0.3) is 0 Å². The minimum absolute atomic E-state index is 0.210. The van der Waals surface area contributed by atoms with E-state index in [-0.39, 0.29) is 16.3 Å². The molecule has 0 spiro atoms. The first-order chi connectivity index (χ1) is 8.42. The molecule has 0 amide bonds. The Morgan fingerprint density at radius 3 is 2.78 bits per heavy atom. The molecule has 3 nitrogen and oxygen atoms in total. The Balaban J connectivity index is 2.36. The summed E-state index contributed by atoms with van der Waals surface area (Å²) in [5.74, 6) is -0.296. The lowest BCUT2D eigenvalue weighted by atomic mass is 10.0. The van der Waals surface area contributed by atoms with Gasteiger partial charge in [0.2, 0.25) is 0 Å². The maximum atomic E-state index is 14.1. The highest BCUT2D eigenvalue weighted by Gasteiger charge is 2.32. The molecule has 18 heavy (non-hydrogen) atoms. The van der Waals surface area contributed by atoms with Gasteiger partial charge in [-0.05, 0) is 32.0 Å². The minimum Gasteiger partial charge on any atom is -0.389 e. The SMILES string of the molecule is CC1(C)COCCN1c1ccc(C(N)=S)cc1F. The van der Waals surface area contributed by atoms with Crippen molar-refractivity contribution in [1.29, 1.82) is 0 Å². The molecule has 5 heteroatoms. The Hall–Kier alpha value is -1.20. The fourth-order valence-corrected chi connectivity index (χ4v) is 2.31. The second-order valence-corrected chi connectivity index (χ2v) is 5.49. The zero-order chi connectivity index (χ0) is 13.3. The molecule has 1 heterocycles. The van der Waals surface area contributed by atoms with Gasteiger partial charge in [0.15, 0.2) is 0 Å². The van der Waals surface area contributed by atoms with Crippen LogP contribution in [0.2, 0.25) is 0 Å². The van der Waals surface area contributed by atoms with Crippen LogP contribution in [0, 0.1) is 5.82 Å². The van der Waals surface area contributed by atoms with E-state index in [0.717, 1.165) is 0 Å². The van der Waals surface area contributed by atoms with Gasteiger partial charge in [-0.25, -0.2) is 4.39 Å². The number of halogens is 1. The van der Waals surface area contributed by atoms with Crippen molar-refractivity contribution in [2.75, 3.05) is 24.7 Å². The highest BCUT2D eigenvalue weighted by molar-refractivity contribution is 7.80. The van der Waals surface area contributed by atoms with Crippen LogP contribution in [0.4, 0.5) is 10.1 Å². The molecule has 1 saturated heterocycles. The first kappa shape index (κ1) is 13.2. The largest absolute Gasteiger partial charge is 0.389 e. The molecule has 1 aromatic carbocycles. The van der Waals surface area contributed by atoms with E-state index in [1.807, 2.05) is 18.7 Å². The molecule has 0 saturated carbocycles. The summed E-state index contributed by atoms with van der Waals surface area (Å²) < 4.78 is 19.6. The Kier molecular flexibility index (Phi) is 3.54. The van der Waals surface area contributed by atoms with Crippen LogP contribution in [0.1, 0.15) is 19.4 Å². The van der Waals surface area contributed by atoms with Crippen LogP contribution in [0.15, 0.2) is 18.2 Å². The van der Waals surface area contributed by atoms with Gasteiger partial charge in [0.1, 0.15) is 10.8 Å². The van der Waals surface area contributed by atoms with Crippen LogP contribution in [-0.2, 0) is 4.74 Å². The molecule has 0 radical (unpaired) electrons. The lowest BCUT2D eigenvalue weighted by Crippen LogP contribution is -2.53. The van der Waals surface area contributed by atoms with E-state index in [2.05, 4.69) is 0 Å². The molecule has 98 valence electrons. The molecule has 0 aromatic heterocycles. The lowest BCUT2D eigenvalue weighted by Gasteiger charge is -2.43. The highest BCUT2D eigenvalue weighted by Crippen LogP contribution is 2.29. The first-order valence-corrected chi connectivity index (χ1v) is 6.27. The molecular weight excluding hydrogens is 251 g/mol. The Morgan fingerprint density at radius 1 is 1.50 bits per heavy atom. The molecule has 1 aromatic rings. The van der Waals surface area contributed by atoms with Crippen LogP contribution in [-0.4, -0.2) is 30.3 Å². The first-order valence-electron chi connectivity index (χ1n) is 5.86. The van der Waals surface area contributed by atoms with Gasteiger partial charge >= 0.3 is 0 Å². The van der Waals surface area contributed by atoms with Gasteiger partial charge in [0.05, 0.1) is 24.4 Å². The summed E-state index contributed by atoms with van der Waals surface area (Å²) in [5.41, 5.74) is 6.40. The van der Waals surface area contributed by atoms with Gasteiger partial charge in [-0.3, -0.25) is 0 Å². The van der Waals surface area contributed by atoms with Gasteiger partial charge in [-0.2, -0.15) is 0 Å². The summed E-state index contributed by atoms with van der Waals surface area (Å²) in [6.07, 6.45) is 0. The summed E-state index contributed by atoms with van der Waals surface area (Å²) in [6, 6.07) is 4.88. The molecule has 0 atom stereocenters. The Labute approximate surface area is 112 Å². The summed E-state index contributed by atoms with van der Waals surface area (Å²) in [4.78, 5) is 2.23. The van der Waals surface area contributed by atoms with E-state index in [1.54, 1.807) is 12.1 Å². The van der Waals surface area contributed by atoms with Crippen molar-refractivity contribution in [3.63, 3.8) is 0 Å². The molecule has 1 aliphatic rings. The van der Waals surface area contributed by atoms with Gasteiger partial charge in [-0.15, -0.1) is 0 Å². The minimum atomic E-state index is -0.296. The number of hydrogen-bond acceptors (Lipinski definition) is 3. The fraction of sp³-hybridized carbons (Fsp3) is 0.462. The van der Waals surface area contributed by atoms with Crippen LogP contribution in [0.3, 0.4) is 0 Å². The van der Waals surface area contributed by atoms with Gasteiger partial charge in [-0.1, -0.05) is 12.2 Å². The van der Waals surface area contributed by atoms with Crippen molar-refractivity contribution in [2.24, 2.45) is 5.73 Å². The van der Waals surface area contributed by atoms with E-state index < -0.39 is 0 Å². The average Bonchev–Trinajstić information content (AvgIpc) is 2.29. The van der Waals surface area contributed by atoms with Crippen molar-refractivity contribution < 1.29 is 9.13 Å². The van der Waals surface area contributed by atoms with Crippen LogP contribution in [0.5, 0.6) is 0 Å². The quantitative estimate of drug-likeness (QED) is 0.833. The molecule has 0 aliphatic carbocycles. The van der Waals surface area contributed by atoms with Crippen molar-refractivity contribution in [3.05, 3.63) is 29.6 Å². The standard InChI is InChI=1S/C13H17FN2OS/c1-13(2)8-17-6-5-16(13)11-4-3-9(12(15)18)7-10(11)14/h3-4,7H,5-6,8H2,1-2H3,(H2,15,18). The van der Waals surface area contributed by atoms with Crippen molar-refractivity contribution in [3.8, 4) is 0 Å². The third-order valence-corrected chi connectivity index (χ3v) is 3.40. The monoisotopic (exact) mass is 268 g/mol. The van der Waals surface area contributed by atoms with E-state index in [0.29, 0.717) is 31.0 Å². The second kappa shape index (κ2) is 4.82. The number of nitrogens with zero attached hydrogens (tertiary/aromatic N) is 1. The topological polar surface area (TPSA) is 38.5 Å². The van der Waals surface area contributed by atoms with E-state index in [4.69, 9.17) is 22.7 Å². The molecular formula is C13H17FN2OS. The number of anilines is 1. The maximum Gasteiger partial charge on any atom is 0.147 e. The van der Waals surface area contributed by atoms with Crippen molar-refractivity contribution >= 4 is 22.9 Å². The number of thiocarbonyl (C=S) groups is 1. The summed E-state index contributed by atoms with van der Waals surface area (Å²) in [6.45, 7) is 5.94. The number of rotatable bonds is 2. The van der Waals surface area contributed by atoms with Crippen LogP contribution in [0.25, 0.3) is 0 Å². The zero-order valence-corrected chi connectivity index (χ0v) is 11.4. The predicted molar refractivity (Wildman–Crippen MR) is 74.5 cm³/mol. The highest BCUT2D eigenvalue weighted by atomic mass is 32.1. The van der Waals surface area contributed by atoms with Gasteiger partial charge < -0.3 is 15.4 Å². The third-order valence-electron chi connectivity index (χ3n) is 3.17. The lowest BCUT2D eigenvalue weighted by molar-refractivity contribution is 0.0640. The number of ether oxygens (including phenoxy) is 1. The van der Waals surface area contributed by atoms with Crippen LogP contribution >= 0.6 is 12.2 Å². The number of benzene rings is 1. The molecule has 1 aliphatic heterocycles. The van der Waals surface area contributed by atoms with Crippen molar-refractivity contribution in [1.82, 2.24) is 0 Å².